The van der Waals surface area contributed by atoms with E-state index in [-0.39, 0.29) is 18.0 Å². The number of Topliss-reactive ketones (excluding diaryl/α,β-unsaturated/α-hetero) is 1. The van der Waals surface area contributed by atoms with Crippen LogP contribution in [0.1, 0.15) is 18.9 Å². The molecule has 2 rings (SSSR count). The molecule has 0 N–H and O–H groups in total. The maximum absolute atomic E-state index is 11.6. The molecule has 17 heavy (non-hydrogen) atoms. The molecule has 0 bridgehead atoms. The van der Waals surface area contributed by atoms with Crippen LogP contribution in [0, 0.1) is 0 Å². The predicted molar refractivity (Wildman–Crippen MR) is 67.3 cm³/mol. The molecule has 1 heterocycles. The average molecular weight is 295 g/mol. The summed E-state index contributed by atoms with van der Waals surface area (Å²) in [6, 6.07) is 7.48. The van der Waals surface area contributed by atoms with Gasteiger partial charge in [-0.25, -0.2) is 0 Å². The van der Waals surface area contributed by atoms with Crippen LogP contribution in [0.4, 0.5) is 0 Å². The summed E-state index contributed by atoms with van der Waals surface area (Å²) in [5.41, 5.74) is 0.840. The smallest absolute Gasteiger partial charge is 0.200 e. The molecular weight excluding hydrogens is 284 g/mol. The highest BCUT2D eigenvalue weighted by molar-refractivity contribution is 9.10. The Morgan fingerprint density at radius 1 is 1.35 bits per heavy atom. The van der Waals surface area contributed by atoms with Crippen molar-refractivity contribution in [3.63, 3.8) is 0 Å². The lowest BCUT2D eigenvalue weighted by Gasteiger charge is -2.10. The summed E-state index contributed by atoms with van der Waals surface area (Å²) in [6.45, 7) is 1.45. The van der Waals surface area contributed by atoms with Gasteiger partial charge in [-0.15, -0.1) is 0 Å². The summed E-state index contributed by atoms with van der Waals surface area (Å²) in [4.78, 5) is 22.6. The van der Waals surface area contributed by atoms with Gasteiger partial charge in [0.25, 0.3) is 0 Å². The number of carbonyl (C=O) groups is 2. The van der Waals surface area contributed by atoms with Crippen molar-refractivity contribution < 1.29 is 14.3 Å². The predicted octanol–water partition coefficient (Wildman–Crippen LogP) is 2.74. The second-order valence-corrected chi connectivity index (χ2v) is 4.85. The second kappa shape index (κ2) is 4.84. The minimum Gasteiger partial charge on any atom is -0.481 e. The second-order valence-electron chi connectivity index (χ2n) is 3.93. The van der Waals surface area contributed by atoms with E-state index in [4.69, 9.17) is 4.74 Å². The molecule has 1 aromatic rings. The van der Waals surface area contributed by atoms with Crippen LogP contribution in [-0.2, 0) is 14.3 Å². The molecule has 0 saturated carbocycles. The van der Waals surface area contributed by atoms with Crippen molar-refractivity contribution in [3.05, 3.63) is 40.4 Å². The first kappa shape index (κ1) is 12.0. The zero-order valence-corrected chi connectivity index (χ0v) is 10.9. The highest BCUT2D eigenvalue weighted by Crippen LogP contribution is 2.26. The van der Waals surface area contributed by atoms with E-state index >= 15 is 0 Å². The van der Waals surface area contributed by atoms with E-state index in [0.29, 0.717) is 5.76 Å². The van der Waals surface area contributed by atoms with E-state index in [1.807, 2.05) is 24.3 Å². The lowest BCUT2D eigenvalue weighted by atomic mass is 10.1. The molecule has 88 valence electrons. The normalized spacial score (nSPS) is 18.8. The molecular formula is C13H11BrO3. The van der Waals surface area contributed by atoms with Crippen molar-refractivity contribution in [1.29, 1.82) is 0 Å². The molecule has 4 heteroatoms. The zero-order chi connectivity index (χ0) is 12.4. The number of ketones is 2. The molecule has 0 saturated heterocycles. The van der Waals surface area contributed by atoms with Crippen LogP contribution in [0.15, 0.2) is 34.8 Å². The summed E-state index contributed by atoms with van der Waals surface area (Å²) in [7, 11) is 0. The molecule has 0 aromatic heterocycles. The van der Waals surface area contributed by atoms with Gasteiger partial charge in [-0.05, 0) is 19.1 Å². The van der Waals surface area contributed by atoms with E-state index in [2.05, 4.69) is 15.9 Å². The minimum atomic E-state index is -0.647. The number of halogens is 1. The molecule has 1 aliphatic heterocycles. The molecule has 0 spiro atoms. The van der Waals surface area contributed by atoms with E-state index in [0.717, 1.165) is 10.0 Å². The first-order valence-corrected chi connectivity index (χ1v) is 6.03. The van der Waals surface area contributed by atoms with Crippen LogP contribution in [0.25, 0.3) is 5.76 Å². The highest BCUT2D eigenvalue weighted by atomic mass is 79.9. The third-order valence-electron chi connectivity index (χ3n) is 2.46. The zero-order valence-electron chi connectivity index (χ0n) is 9.27. The van der Waals surface area contributed by atoms with Gasteiger partial charge in [0.15, 0.2) is 11.9 Å². The molecule has 1 aliphatic rings. The fourth-order valence-electron chi connectivity index (χ4n) is 1.64. The summed E-state index contributed by atoms with van der Waals surface area (Å²) in [5, 5.41) is 0. The highest BCUT2D eigenvalue weighted by Gasteiger charge is 2.28. The lowest BCUT2D eigenvalue weighted by Crippen LogP contribution is -2.19. The van der Waals surface area contributed by atoms with Crippen LogP contribution in [-0.4, -0.2) is 17.7 Å². The first-order valence-electron chi connectivity index (χ1n) is 5.24. The molecule has 0 radical (unpaired) electrons. The van der Waals surface area contributed by atoms with Crippen molar-refractivity contribution in [1.82, 2.24) is 0 Å². The van der Waals surface area contributed by atoms with Crippen molar-refractivity contribution >= 4 is 33.3 Å². The van der Waals surface area contributed by atoms with E-state index in [9.17, 15) is 9.59 Å². The van der Waals surface area contributed by atoms with Crippen LogP contribution >= 0.6 is 15.9 Å². The molecule has 1 unspecified atom stereocenters. The van der Waals surface area contributed by atoms with Crippen LogP contribution in [0.3, 0.4) is 0 Å². The van der Waals surface area contributed by atoms with Gasteiger partial charge in [0.1, 0.15) is 11.5 Å². The molecule has 1 atom stereocenters. The van der Waals surface area contributed by atoms with Gasteiger partial charge in [0.05, 0.1) is 6.42 Å². The summed E-state index contributed by atoms with van der Waals surface area (Å²) < 4.78 is 6.45. The molecule has 0 aliphatic carbocycles. The Morgan fingerprint density at radius 3 is 2.59 bits per heavy atom. The first-order chi connectivity index (χ1) is 8.06. The Balaban J connectivity index is 2.15. The SMILES string of the molecule is CC(=O)CC1OC(c2ccc(Br)cc2)=CC1=O. The van der Waals surface area contributed by atoms with Crippen LogP contribution < -0.4 is 0 Å². The van der Waals surface area contributed by atoms with Crippen molar-refractivity contribution in [2.75, 3.05) is 0 Å². The Kier molecular flexibility index (Phi) is 3.43. The van der Waals surface area contributed by atoms with Crippen LogP contribution in [0.5, 0.6) is 0 Å². The van der Waals surface area contributed by atoms with Crippen molar-refractivity contribution in [2.24, 2.45) is 0 Å². The molecule has 0 fully saturated rings. The quantitative estimate of drug-likeness (QED) is 0.861. The number of rotatable bonds is 3. The topological polar surface area (TPSA) is 43.4 Å². The Hall–Kier alpha value is -1.42. The van der Waals surface area contributed by atoms with Gasteiger partial charge in [-0.1, -0.05) is 28.1 Å². The van der Waals surface area contributed by atoms with E-state index in [1.54, 1.807) is 0 Å². The summed E-state index contributed by atoms with van der Waals surface area (Å²) in [6.07, 6.45) is 0.942. The van der Waals surface area contributed by atoms with Gasteiger partial charge >= 0.3 is 0 Å². The number of hydrogen-bond acceptors (Lipinski definition) is 3. The van der Waals surface area contributed by atoms with Gasteiger partial charge in [0.2, 0.25) is 0 Å². The Morgan fingerprint density at radius 2 is 2.00 bits per heavy atom. The van der Waals surface area contributed by atoms with Gasteiger partial charge in [-0.2, -0.15) is 0 Å². The number of benzene rings is 1. The van der Waals surface area contributed by atoms with Crippen LogP contribution in [0.2, 0.25) is 0 Å². The van der Waals surface area contributed by atoms with Gasteiger partial charge in [0, 0.05) is 16.1 Å². The number of carbonyl (C=O) groups excluding carboxylic acids is 2. The van der Waals surface area contributed by atoms with Crippen molar-refractivity contribution in [2.45, 2.75) is 19.4 Å². The van der Waals surface area contributed by atoms with E-state index in [1.165, 1.54) is 13.0 Å². The maximum atomic E-state index is 11.6. The fraction of sp³-hybridized carbons (Fsp3) is 0.231. The average Bonchev–Trinajstić information content (AvgIpc) is 2.60. The number of ether oxygens (including phenoxy) is 1. The van der Waals surface area contributed by atoms with Crippen molar-refractivity contribution in [3.8, 4) is 0 Å². The summed E-state index contributed by atoms with van der Waals surface area (Å²) in [5.74, 6) is 0.348. The number of hydrogen-bond donors (Lipinski definition) is 0. The lowest BCUT2D eigenvalue weighted by molar-refractivity contribution is -0.126. The Labute approximate surface area is 108 Å². The van der Waals surface area contributed by atoms with Gasteiger partial charge < -0.3 is 4.74 Å². The van der Waals surface area contributed by atoms with E-state index < -0.39 is 6.10 Å². The molecule has 3 nitrogen and oxygen atoms in total. The molecule has 1 aromatic carbocycles. The largest absolute Gasteiger partial charge is 0.481 e. The monoisotopic (exact) mass is 294 g/mol. The standard InChI is InChI=1S/C13H11BrO3/c1-8(15)6-13-11(16)7-12(17-13)9-2-4-10(14)5-3-9/h2-5,7,13H,6H2,1H3. The third kappa shape index (κ3) is 2.82. The minimum absolute atomic E-state index is 0.0474. The third-order valence-corrected chi connectivity index (χ3v) is 2.99. The maximum Gasteiger partial charge on any atom is 0.200 e. The summed E-state index contributed by atoms with van der Waals surface area (Å²) >= 11 is 3.34. The van der Waals surface area contributed by atoms with Gasteiger partial charge in [-0.3, -0.25) is 9.59 Å². The molecule has 0 amide bonds. The fourth-order valence-corrected chi connectivity index (χ4v) is 1.90. The Bertz CT molecular complexity index is 488.